The molecule has 0 aromatic carbocycles. The van der Waals surface area contributed by atoms with Crippen molar-refractivity contribution in [2.75, 3.05) is 6.54 Å². The fourth-order valence-corrected chi connectivity index (χ4v) is 2.28. The minimum Gasteiger partial charge on any atom is -0.476 e. The number of carboxylic acid groups (broad SMARTS) is 1. The van der Waals surface area contributed by atoms with E-state index in [2.05, 4.69) is 25.2 Å². The molecule has 0 aliphatic carbocycles. The topological polar surface area (TPSA) is 123 Å². The standard InChI is InChI=1S/C11H14N6O3S/c1-2-3-7-9(21-16-14-7)10(18)12-4-5-17-6-8(11(19)20)13-15-17/h6H,2-5H2,1H3,(H,12,18)(H,19,20). The summed E-state index contributed by atoms with van der Waals surface area (Å²) in [4.78, 5) is 23.2. The van der Waals surface area contributed by atoms with Gasteiger partial charge in [0.1, 0.15) is 4.88 Å². The number of nitrogens with zero attached hydrogens (tertiary/aromatic N) is 5. The Kier molecular flexibility index (Phi) is 4.93. The largest absolute Gasteiger partial charge is 0.476 e. The highest BCUT2D eigenvalue weighted by Crippen LogP contribution is 2.12. The molecule has 0 spiro atoms. The molecule has 10 heteroatoms. The summed E-state index contributed by atoms with van der Waals surface area (Å²) in [5.41, 5.74) is 0.576. The fraction of sp³-hybridized carbons (Fsp3) is 0.455. The number of amides is 1. The van der Waals surface area contributed by atoms with Crippen molar-refractivity contribution in [2.24, 2.45) is 0 Å². The first-order valence-electron chi connectivity index (χ1n) is 6.34. The summed E-state index contributed by atoms with van der Waals surface area (Å²) in [6.45, 7) is 2.65. The lowest BCUT2D eigenvalue weighted by molar-refractivity contribution is 0.0690. The Labute approximate surface area is 124 Å². The van der Waals surface area contributed by atoms with Gasteiger partial charge in [0.25, 0.3) is 5.91 Å². The van der Waals surface area contributed by atoms with Crippen LogP contribution < -0.4 is 5.32 Å². The van der Waals surface area contributed by atoms with Crippen molar-refractivity contribution in [1.29, 1.82) is 0 Å². The van der Waals surface area contributed by atoms with Crippen LogP contribution in [0.2, 0.25) is 0 Å². The summed E-state index contributed by atoms with van der Waals surface area (Å²) in [5.74, 6) is -1.36. The van der Waals surface area contributed by atoms with E-state index in [9.17, 15) is 9.59 Å². The number of hydrogen-bond donors (Lipinski definition) is 2. The number of nitrogens with one attached hydrogen (secondary N) is 1. The van der Waals surface area contributed by atoms with Gasteiger partial charge >= 0.3 is 5.97 Å². The van der Waals surface area contributed by atoms with Crippen LogP contribution in [0, 0.1) is 0 Å². The Bertz CT molecular complexity index is 637. The van der Waals surface area contributed by atoms with Gasteiger partial charge in [-0.15, -0.1) is 10.2 Å². The van der Waals surface area contributed by atoms with Crippen molar-refractivity contribution in [1.82, 2.24) is 29.9 Å². The molecular weight excluding hydrogens is 296 g/mol. The van der Waals surface area contributed by atoms with E-state index < -0.39 is 5.97 Å². The van der Waals surface area contributed by atoms with Crippen LogP contribution in [-0.4, -0.2) is 48.1 Å². The maximum atomic E-state index is 12.0. The first-order chi connectivity index (χ1) is 10.1. The lowest BCUT2D eigenvalue weighted by atomic mass is 10.2. The van der Waals surface area contributed by atoms with Gasteiger partial charge in [0.2, 0.25) is 0 Å². The quantitative estimate of drug-likeness (QED) is 0.749. The molecule has 2 N–H and O–H groups in total. The minimum absolute atomic E-state index is 0.127. The molecule has 2 aromatic heterocycles. The summed E-state index contributed by atoms with van der Waals surface area (Å²) in [7, 11) is 0. The highest BCUT2D eigenvalue weighted by atomic mass is 32.1. The second-order valence-electron chi connectivity index (χ2n) is 4.23. The number of rotatable bonds is 7. The molecule has 0 atom stereocenters. The Morgan fingerprint density at radius 2 is 2.24 bits per heavy atom. The summed E-state index contributed by atoms with van der Waals surface area (Å²) in [5, 5.41) is 22.5. The Balaban J connectivity index is 1.86. The monoisotopic (exact) mass is 310 g/mol. The molecule has 2 rings (SSSR count). The Morgan fingerprint density at radius 3 is 2.90 bits per heavy atom. The van der Waals surface area contributed by atoms with Crippen molar-refractivity contribution >= 4 is 23.4 Å². The van der Waals surface area contributed by atoms with E-state index in [0.29, 0.717) is 30.1 Å². The molecule has 0 saturated heterocycles. The number of aromatic carboxylic acids is 1. The van der Waals surface area contributed by atoms with Gasteiger partial charge in [-0.2, -0.15) is 0 Å². The van der Waals surface area contributed by atoms with E-state index in [1.807, 2.05) is 6.92 Å². The zero-order valence-electron chi connectivity index (χ0n) is 11.3. The zero-order valence-corrected chi connectivity index (χ0v) is 12.1. The molecule has 9 nitrogen and oxygen atoms in total. The zero-order chi connectivity index (χ0) is 15.2. The van der Waals surface area contributed by atoms with E-state index in [1.54, 1.807) is 0 Å². The van der Waals surface area contributed by atoms with E-state index in [1.165, 1.54) is 10.9 Å². The van der Waals surface area contributed by atoms with Crippen LogP contribution >= 0.6 is 11.5 Å². The van der Waals surface area contributed by atoms with Gasteiger partial charge in [-0.25, -0.2) is 9.48 Å². The number of carboxylic acids is 1. The number of carbonyl (C=O) groups excluding carboxylic acids is 1. The number of hydrogen-bond acceptors (Lipinski definition) is 7. The van der Waals surface area contributed by atoms with Crippen LogP contribution in [-0.2, 0) is 13.0 Å². The number of aromatic nitrogens is 5. The SMILES string of the molecule is CCCc1nnsc1C(=O)NCCn1cc(C(=O)O)nn1. The molecule has 0 aliphatic rings. The predicted octanol–water partition coefficient (Wildman–Crippen LogP) is 0.210. The molecule has 112 valence electrons. The highest BCUT2D eigenvalue weighted by Gasteiger charge is 2.15. The second kappa shape index (κ2) is 6.88. The average Bonchev–Trinajstić information content (AvgIpc) is 3.08. The van der Waals surface area contributed by atoms with Crippen LogP contribution in [0.4, 0.5) is 0 Å². The van der Waals surface area contributed by atoms with Gasteiger partial charge in [0.05, 0.1) is 18.4 Å². The van der Waals surface area contributed by atoms with Gasteiger partial charge in [0.15, 0.2) is 5.69 Å². The molecule has 0 aliphatic heterocycles. The van der Waals surface area contributed by atoms with Crippen LogP contribution in [0.15, 0.2) is 6.20 Å². The molecule has 0 unspecified atom stereocenters. The fourth-order valence-electron chi connectivity index (χ4n) is 1.65. The molecule has 0 radical (unpaired) electrons. The normalized spacial score (nSPS) is 10.5. The van der Waals surface area contributed by atoms with Crippen LogP contribution in [0.5, 0.6) is 0 Å². The molecule has 0 bridgehead atoms. The number of carbonyl (C=O) groups is 2. The first-order valence-corrected chi connectivity index (χ1v) is 7.12. The minimum atomic E-state index is -1.13. The third-order valence-corrected chi connectivity index (χ3v) is 3.40. The molecule has 2 heterocycles. The van der Waals surface area contributed by atoms with E-state index in [0.717, 1.165) is 18.0 Å². The highest BCUT2D eigenvalue weighted by molar-refractivity contribution is 7.08. The van der Waals surface area contributed by atoms with Gasteiger partial charge in [0, 0.05) is 6.54 Å². The van der Waals surface area contributed by atoms with E-state index in [-0.39, 0.29) is 11.6 Å². The van der Waals surface area contributed by atoms with Crippen LogP contribution in [0.1, 0.15) is 39.2 Å². The maximum absolute atomic E-state index is 12.0. The van der Waals surface area contributed by atoms with Gasteiger partial charge in [-0.3, -0.25) is 4.79 Å². The van der Waals surface area contributed by atoms with Gasteiger partial charge < -0.3 is 10.4 Å². The summed E-state index contributed by atoms with van der Waals surface area (Å²) >= 11 is 1.07. The summed E-state index contributed by atoms with van der Waals surface area (Å²) < 4.78 is 5.15. The van der Waals surface area contributed by atoms with Crippen molar-refractivity contribution in [2.45, 2.75) is 26.3 Å². The maximum Gasteiger partial charge on any atom is 0.358 e. The Hall–Kier alpha value is -2.36. The third kappa shape index (κ3) is 3.81. The lowest BCUT2D eigenvalue weighted by Gasteiger charge is -2.04. The predicted molar refractivity (Wildman–Crippen MR) is 73.2 cm³/mol. The van der Waals surface area contributed by atoms with Gasteiger partial charge in [-0.1, -0.05) is 23.0 Å². The second-order valence-corrected chi connectivity index (χ2v) is 4.98. The summed E-state index contributed by atoms with van der Waals surface area (Å²) in [6.07, 6.45) is 2.91. The van der Waals surface area contributed by atoms with Crippen molar-refractivity contribution in [3.8, 4) is 0 Å². The Morgan fingerprint density at radius 1 is 1.43 bits per heavy atom. The van der Waals surface area contributed by atoms with Crippen LogP contribution in [0.3, 0.4) is 0 Å². The average molecular weight is 310 g/mol. The van der Waals surface area contributed by atoms with Crippen molar-refractivity contribution < 1.29 is 14.7 Å². The third-order valence-electron chi connectivity index (χ3n) is 2.63. The number of aryl methyl sites for hydroxylation is 1. The first kappa shape index (κ1) is 15.0. The smallest absolute Gasteiger partial charge is 0.358 e. The lowest BCUT2D eigenvalue weighted by Crippen LogP contribution is -2.27. The van der Waals surface area contributed by atoms with E-state index in [4.69, 9.17) is 5.11 Å². The van der Waals surface area contributed by atoms with Crippen molar-refractivity contribution in [3.05, 3.63) is 22.5 Å². The molecule has 2 aromatic rings. The molecule has 0 saturated carbocycles. The van der Waals surface area contributed by atoms with E-state index >= 15 is 0 Å². The van der Waals surface area contributed by atoms with Gasteiger partial charge in [-0.05, 0) is 18.0 Å². The molecule has 21 heavy (non-hydrogen) atoms. The van der Waals surface area contributed by atoms with Crippen molar-refractivity contribution in [3.63, 3.8) is 0 Å². The van der Waals surface area contributed by atoms with Crippen LogP contribution in [0.25, 0.3) is 0 Å². The molecule has 1 amide bonds. The molecular formula is C11H14N6O3S. The molecule has 0 fully saturated rings. The summed E-state index contributed by atoms with van der Waals surface area (Å²) in [6, 6.07) is 0.